The van der Waals surface area contributed by atoms with Gasteiger partial charge in [-0.25, -0.2) is 0 Å². The monoisotopic (exact) mass is 530 g/mol. The first-order chi connectivity index (χ1) is 15.4. The van der Waals surface area contributed by atoms with Gasteiger partial charge in [-0.1, -0.05) is 57.3 Å². The molecule has 8 heteroatoms. The molecule has 3 aromatic carbocycles. The van der Waals surface area contributed by atoms with Crippen molar-refractivity contribution in [3.05, 3.63) is 91.9 Å². The summed E-state index contributed by atoms with van der Waals surface area (Å²) in [5.74, 6) is 0.415. The normalized spacial score (nSPS) is 10.9. The number of benzene rings is 3. The van der Waals surface area contributed by atoms with E-state index < -0.39 is 5.91 Å². The van der Waals surface area contributed by atoms with Crippen LogP contribution in [0.2, 0.25) is 10.0 Å². The average Bonchev–Trinajstić information content (AvgIpc) is 2.78. The zero-order chi connectivity index (χ0) is 23.1. The van der Waals surface area contributed by atoms with Gasteiger partial charge in [0.05, 0.1) is 7.11 Å². The van der Waals surface area contributed by atoms with Gasteiger partial charge in [0, 0.05) is 20.2 Å². The molecule has 3 aromatic rings. The van der Waals surface area contributed by atoms with E-state index in [1.54, 1.807) is 48.5 Å². The number of ether oxygens (including phenoxy) is 2. The van der Waals surface area contributed by atoms with Gasteiger partial charge < -0.3 is 14.8 Å². The Hall–Kier alpha value is -2.98. The molecule has 0 fully saturated rings. The van der Waals surface area contributed by atoms with Crippen molar-refractivity contribution in [2.24, 2.45) is 0 Å². The molecule has 162 valence electrons. The fourth-order valence-electron chi connectivity index (χ4n) is 2.74. The van der Waals surface area contributed by atoms with Crippen molar-refractivity contribution in [3.63, 3.8) is 0 Å². The molecule has 0 heterocycles. The van der Waals surface area contributed by atoms with Crippen molar-refractivity contribution in [1.82, 2.24) is 0 Å². The van der Waals surface area contributed by atoms with E-state index in [1.165, 1.54) is 13.2 Å². The highest BCUT2D eigenvalue weighted by Gasteiger charge is 2.14. The maximum Gasteiger partial charge on any atom is 0.266 e. The summed E-state index contributed by atoms with van der Waals surface area (Å²) in [4.78, 5) is 12.5. The Labute approximate surface area is 204 Å². The Morgan fingerprint density at radius 1 is 1.09 bits per heavy atom. The molecule has 0 aliphatic heterocycles. The zero-order valence-electron chi connectivity index (χ0n) is 16.9. The summed E-state index contributed by atoms with van der Waals surface area (Å²) < 4.78 is 12.0. The highest BCUT2D eigenvalue weighted by molar-refractivity contribution is 9.10. The highest BCUT2D eigenvalue weighted by atomic mass is 79.9. The largest absolute Gasteiger partial charge is 0.493 e. The fourth-order valence-corrected chi connectivity index (χ4v) is 3.50. The van der Waals surface area contributed by atoms with Crippen LogP contribution < -0.4 is 14.8 Å². The number of methoxy groups -OCH3 is 1. The van der Waals surface area contributed by atoms with Crippen molar-refractivity contribution in [1.29, 1.82) is 5.26 Å². The van der Waals surface area contributed by atoms with Crippen LogP contribution in [0.15, 0.2) is 70.7 Å². The van der Waals surface area contributed by atoms with Crippen LogP contribution >= 0.6 is 39.1 Å². The Kier molecular flexibility index (Phi) is 8.18. The van der Waals surface area contributed by atoms with Crippen LogP contribution in [0.1, 0.15) is 11.1 Å². The first-order valence-corrected chi connectivity index (χ1v) is 10.9. The van der Waals surface area contributed by atoms with Gasteiger partial charge in [-0.3, -0.25) is 4.79 Å². The van der Waals surface area contributed by atoms with Crippen molar-refractivity contribution in [2.45, 2.75) is 6.61 Å². The molecule has 0 saturated carbocycles. The average molecular weight is 532 g/mol. The minimum Gasteiger partial charge on any atom is -0.493 e. The fraction of sp³-hybridized carbons (Fsp3) is 0.0833. The van der Waals surface area contributed by atoms with Crippen molar-refractivity contribution in [2.75, 3.05) is 12.4 Å². The molecule has 0 aliphatic carbocycles. The Balaban J connectivity index is 1.81. The lowest BCUT2D eigenvalue weighted by Crippen LogP contribution is -2.13. The van der Waals surface area contributed by atoms with E-state index in [1.807, 2.05) is 18.2 Å². The number of amides is 1. The molecule has 1 amide bonds. The summed E-state index contributed by atoms with van der Waals surface area (Å²) in [5, 5.41) is 13.3. The number of rotatable bonds is 7. The van der Waals surface area contributed by atoms with E-state index in [0.717, 1.165) is 5.56 Å². The first kappa shape index (κ1) is 23.7. The molecule has 32 heavy (non-hydrogen) atoms. The summed E-state index contributed by atoms with van der Waals surface area (Å²) >= 11 is 15.3. The van der Waals surface area contributed by atoms with Crippen molar-refractivity contribution >= 4 is 56.8 Å². The number of carbonyl (C=O) groups is 1. The van der Waals surface area contributed by atoms with Crippen molar-refractivity contribution < 1.29 is 14.3 Å². The maximum absolute atomic E-state index is 12.5. The van der Waals surface area contributed by atoms with Gasteiger partial charge in [0.25, 0.3) is 5.91 Å². The number of nitrogens with zero attached hydrogens (tertiary/aromatic N) is 1. The predicted octanol–water partition coefficient (Wildman–Crippen LogP) is 6.89. The smallest absolute Gasteiger partial charge is 0.266 e. The number of hydrogen-bond donors (Lipinski definition) is 1. The molecule has 0 aromatic heterocycles. The predicted molar refractivity (Wildman–Crippen MR) is 130 cm³/mol. The van der Waals surface area contributed by atoms with E-state index >= 15 is 0 Å². The molecule has 5 nitrogen and oxygen atoms in total. The van der Waals surface area contributed by atoms with Crippen LogP contribution in [-0.4, -0.2) is 13.0 Å². The minimum absolute atomic E-state index is 0.0810. The molecule has 0 aliphatic rings. The quantitative estimate of drug-likeness (QED) is 0.266. The van der Waals surface area contributed by atoms with Crippen molar-refractivity contribution in [3.8, 4) is 17.6 Å². The van der Waals surface area contributed by atoms with E-state index in [0.29, 0.717) is 43.9 Å². The van der Waals surface area contributed by atoms with E-state index in [2.05, 4.69) is 21.2 Å². The van der Waals surface area contributed by atoms with Crippen LogP contribution in [0.25, 0.3) is 6.08 Å². The lowest BCUT2D eigenvalue weighted by molar-refractivity contribution is -0.112. The molecule has 0 unspecified atom stereocenters. The number of halogens is 3. The summed E-state index contributed by atoms with van der Waals surface area (Å²) in [6.07, 6.45) is 1.47. The van der Waals surface area contributed by atoms with E-state index in [9.17, 15) is 10.1 Å². The Morgan fingerprint density at radius 2 is 1.84 bits per heavy atom. The van der Waals surface area contributed by atoms with Gasteiger partial charge in [-0.05, 0) is 59.7 Å². The Bertz CT molecular complexity index is 1200. The standard InChI is InChI=1S/C24H17BrCl2N2O3/c1-31-22-10-16(9-17(13-28)24(30)29-20-4-2-3-19(27)11-20)21(25)12-23(22)32-14-15-5-7-18(26)8-6-15/h2-12H,14H2,1H3,(H,29,30). The minimum atomic E-state index is -0.552. The van der Waals surface area contributed by atoms with Gasteiger partial charge in [-0.15, -0.1) is 0 Å². The lowest BCUT2D eigenvalue weighted by Gasteiger charge is -2.13. The second-order valence-electron chi connectivity index (χ2n) is 6.57. The maximum atomic E-state index is 12.5. The van der Waals surface area contributed by atoms with Crippen LogP contribution in [0.5, 0.6) is 11.5 Å². The van der Waals surface area contributed by atoms with Crippen LogP contribution in [-0.2, 0) is 11.4 Å². The van der Waals surface area contributed by atoms with Crippen LogP contribution in [0.3, 0.4) is 0 Å². The van der Waals surface area contributed by atoms with E-state index in [-0.39, 0.29) is 5.57 Å². The number of nitrogens with one attached hydrogen (secondary N) is 1. The van der Waals surface area contributed by atoms with E-state index in [4.69, 9.17) is 32.7 Å². The molecule has 0 saturated heterocycles. The van der Waals surface area contributed by atoms with Gasteiger partial charge in [0.15, 0.2) is 11.5 Å². The van der Waals surface area contributed by atoms with Crippen LogP contribution in [0, 0.1) is 11.3 Å². The molecule has 0 atom stereocenters. The third-order valence-electron chi connectivity index (χ3n) is 4.34. The lowest BCUT2D eigenvalue weighted by atomic mass is 10.1. The summed E-state index contributed by atoms with van der Waals surface area (Å²) in [5.41, 5.74) is 1.94. The molecular formula is C24H17BrCl2N2O3. The number of anilines is 1. The van der Waals surface area contributed by atoms with Gasteiger partial charge in [0.1, 0.15) is 18.2 Å². The number of nitriles is 1. The molecule has 0 radical (unpaired) electrons. The third-order valence-corrected chi connectivity index (χ3v) is 5.51. The first-order valence-electron chi connectivity index (χ1n) is 9.33. The second-order valence-corrected chi connectivity index (χ2v) is 8.30. The summed E-state index contributed by atoms with van der Waals surface area (Å²) in [6, 6.07) is 19.4. The van der Waals surface area contributed by atoms with Gasteiger partial charge >= 0.3 is 0 Å². The molecular weight excluding hydrogens is 515 g/mol. The SMILES string of the molecule is COc1cc(C=C(C#N)C(=O)Nc2cccc(Cl)c2)c(Br)cc1OCc1ccc(Cl)cc1. The molecule has 3 rings (SSSR count). The summed E-state index contributed by atoms with van der Waals surface area (Å²) in [6.45, 7) is 0.320. The van der Waals surface area contributed by atoms with Gasteiger partial charge in [0.2, 0.25) is 0 Å². The number of hydrogen-bond acceptors (Lipinski definition) is 4. The highest BCUT2D eigenvalue weighted by Crippen LogP contribution is 2.35. The summed E-state index contributed by atoms with van der Waals surface area (Å²) in [7, 11) is 1.52. The second kappa shape index (κ2) is 11.1. The molecule has 0 spiro atoms. The third kappa shape index (κ3) is 6.27. The molecule has 1 N–H and O–H groups in total. The molecule has 0 bridgehead atoms. The zero-order valence-corrected chi connectivity index (χ0v) is 20.0. The Morgan fingerprint density at radius 3 is 2.50 bits per heavy atom. The topological polar surface area (TPSA) is 71.3 Å². The van der Waals surface area contributed by atoms with Crippen LogP contribution in [0.4, 0.5) is 5.69 Å². The van der Waals surface area contributed by atoms with Gasteiger partial charge in [-0.2, -0.15) is 5.26 Å². The number of carbonyl (C=O) groups excluding carboxylic acids is 1.